The van der Waals surface area contributed by atoms with Gasteiger partial charge in [0, 0.05) is 4.90 Å². The third-order valence-corrected chi connectivity index (χ3v) is 4.45. The average Bonchev–Trinajstić information content (AvgIpc) is 2.81. The van der Waals surface area contributed by atoms with E-state index in [1.54, 1.807) is 0 Å². The molecule has 102 valence electrons. The summed E-state index contributed by atoms with van der Waals surface area (Å²) in [6.45, 7) is 1.91. The summed E-state index contributed by atoms with van der Waals surface area (Å²) in [6.07, 6.45) is 1.87. The molecular weight excluding hydrogens is 262 g/mol. The fraction of sp³-hybridized carbons (Fsp3) is 0.429. The highest BCUT2D eigenvalue weighted by Gasteiger charge is 2.30. The fourth-order valence-corrected chi connectivity index (χ4v) is 3.34. The van der Waals surface area contributed by atoms with Gasteiger partial charge in [0.2, 0.25) is 5.91 Å². The molecule has 0 aliphatic carbocycles. The van der Waals surface area contributed by atoms with E-state index in [0.717, 1.165) is 16.9 Å². The van der Waals surface area contributed by atoms with Crippen LogP contribution in [0.15, 0.2) is 29.2 Å². The van der Waals surface area contributed by atoms with Crippen LogP contribution in [0.3, 0.4) is 0 Å². The second-order valence-electron chi connectivity index (χ2n) is 4.61. The van der Waals surface area contributed by atoms with Gasteiger partial charge in [-0.3, -0.25) is 4.79 Å². The van der Waals surface area contributed by atoms with Gasteiger partial charge in [0.05, 0.1) is 5.25 Å². The van der Waals surface area contributed by atoms with Gasteiger partial charge in [-0.05, 0) is 24.5 Å². The van der Waals surface area contributed by atoms with Crippen molar-refractivity contribution >= 4 is 23.6 Å². The zero-order valence-electron chi connectivity index (χ0n) is 10.8. The molecule has 2 atom stereocenters. The van der Waals surface area contributed by atoms with Crippen LogP contribution in [0.5, 0.6) is 0 Å². The Hall–Kier alpha value is -1.49. The molecule has 1 aliphatic heterocycles. The van der Waals surface area contributed by atoms with Gasteiger partial charge in [-0.15, -0.1) is 11.8 Å². The molecule has 0 fully saturated rings. The van der Waals surface area contributed by atoms with Crippen LogP contribution in [0.4, 0.5) is 0 Å². The minimum atomic E-state index is -0.962. The predicted octanol–water partition coefficient (Wildman–Crippen LogP) is 2.07. The number of nitrogens with one attached hydrogen (secondary N) is 1. The first-order valence-corrected chi connectivity index (χ1v) is 7.27. The number of carbonyl (C=O) groups excluding carboxylic acids is 1. The largest absolute Gasteiger partial charge is 0.480 e. The summed E-state index contributed by atoms with van der Waals surface area (Å²) in [7, 11) is 0. The first-order valence-electron chi connectivity index (χ1n) is 6.39. The molecule has 0 saturated heterocycles. The predicted molar refractivity (Wildman–Crippen MR) is 74.3 cm³/mol. The highest BCUT2D eigenvalue weighted by Crippen LogP contribution is 2.36. The summed E-state index contributed by atoms with van der Waals surface area (Å²) in [5, 5.41) is 11.5. The molecule has 1 aromatic rings. The maximum absolute atomic E-state index is 12.1. The topological polar surface area (TPSA) is 66.4 Å². The molecule has 2 N–H and O–H groups in total. The van der Waals surface area contributed by atoms with Crippen molar-refractivity contribution in [3.63, 3.8) is 0 Å². The summed E-state index contributed by atoms with van der Waals surface area (Å²) in [6, 6.07) is 7.13. The summed E-state index contributed by atoms with van der Waals surface area (Å²) >= 11 is 1.51. The second kappa shape index (κ2) is 6.10. The van der Waals surface area contributed by atoms with Crippen molar-refractivity contribution in [2.75, 3.05) is 0 Å². The molecule has 1 aliphatic rings. The lowest BCUT2D eigenvalue weighted by atomic mass is 10.1. The molecule has 2 rings (SSSR count). The van der Waals surface area contributed by atoms with Gasteiger partial charge >= 0.3 is 5.97 Å². The van der Waals surface area contributed by atoms with E-state index in [-0.39, 0.29) is 11.2 Å². The quantitative estimate of drug-likeness (QED) is 0.866. The number of aliphatic carboxylic acids is 1. The van der Waals surface area contributed by atoms with Gasteiger partial charge in [-0.2, -0.15) is 0 Å². The Morgan fingerprint density at radius 2 is 2.21 bits per heavy atom. The van der Waals surface area contributed by atoms with Crippen molar-refractivity contribution in [3.8, 4) is 0 Å². The summed E-state index contributed by atoms with van der Waals surface area (Å²) < 4.78 is 0. The zero-order valence-corrected chi connectivity index (χ0v) is 11.6. The number of amides is 1. The molecule has 19 heavy (non-hydrogen) atoms. The lowest BCUT2D eigenvalue weighted by Gasteiger charge is -2.16. The number of carbonyl (C=O) groups is 2. The number of carboxylic acids is 1. The fourth-order valence-electron chi connectivity index (χ4n) is 2.14. The number of thioether (sulfide) groups is 1. The van der Waals surface area contributed by atoms with Crippen molar-refractivity contribution in [2.24, 2.45) is 0 Å². The van der Waals surface area contributed by atoms with E-state index in [1.165, 1.54) is 11.8 Å². The van der Waals surface area contributed by atoms with E-state index < -0.39 is 12.0 Å². The summed E-state index contributed by atoms with van der Waals surface area (Å²) in [4.78, 5) is 24.3. The van der Waals surface area contributed by atoms with Crippen LogP contribution in [0.2, 0.25) is 0 Å². The molecule has 4 nitrogen and oxygen atoms in total. The Morgan fingerprint density at radius 3 is 2.84 bits per heavy atom. The van der Waals surface area contributed by atoms with Gasteiger partial charge in [0.25, 0.3) is 0 Å². The van der Waals surface area contributed by atoms with Crippen molar-refractivity contribution < 1.29 is 14.7 Å². The van der Waals surface area contributed by atoms with Crippen LogP contribution in [0.1, 0.15) is 25.3 Å². The molecule has 0 aromatic heterocycles. The Morgan fingerprint density at radius 1 is 1.47 bits per heavy atom. The molecule has 1 amide bonds. The molecule has 1 aromatic carbocycles. The second-order valence-corrected chi connectivity index (χ2v) is 5.85. The van der Waals surface area contributed by atoms with Crippen LogP contribution in [-0.4, -0.2) is 28.3 Å². The van der Waals surface area contributed by atoms with E-state index in [0.29, 0.717) is 12.8 Å². The third kappa shape index (κ3) is 3.29. The molecule has 5 heteroatoms. The maximum Gasteiger partial charge on any atom is 0.326 e. The van der Waals surface area contributed by atoms with Crippen molar-refractivity contribution in [2.45, 2.75) is 42.4 Å². The van der Waals surface area contributed by atoms with Crippen LogP contribution < -0.4 is 5.32 Å². The summed E-state index contributed by atoms with van der Waals surface area (Å²) in [5.74, 6) is -1.14. The van der Waals surface area contributed by atoms with E-state index in [1.807, 2.05) is 31.2 Å². The molecular formula is C14H17NO3S. The highest BCUT2D eigenvalue weighted by molar-refractivity contribution is 8.01. The highest BCUT2D eigenvalue weighted by atomic mass is 32.2. The van der Waals surface area contributed by atoms with E-state index in [4.69, 9.17) is 5.11 Å². The van der Waals surface area contributed by atoms with Gasteiger partial charge in [0.1, 0.15) is 6.04 Å². The van der Waals surface area contributed by atoms with Crippen LogP contribution in [-0.2, 0) is 16.0 Å². The lowest BCUT2D eigenvalue weighted by Crippen LogP contribution is -2.44. The molecule has 0 saturated carbocycles. The summed E-state index contributed by atoms with van der Waals surface area (Å²) in [5.41, 5.74) is 1.16. The third-order valence-electron chi connectivity index (χ3n) is 3.13. The van der Waals surface area contributed by atoms with Crippen molar-refractivity contribution in [1.29, 1.82) is 0 Å². The molecule has 0 bridgehead atoms. The Bertz CT molecular complexity index is 464. The van der Waals surface area contributed by atoms with Crippen LogP contribution in [0, 0.1) is 0 Å². The maximum atomic E-state index is 12.1. The number of hydrogen-bond donors (Lipinski definition) is 2. The standard InChI is InChI=1S/C14H17NO3S/c1-2-5-10(14(17)18)15-13(16)12-8-9-6-3-4-7-11(9)19-12/h3-4,6-7,10,12H,2,5,8H2,1H3,(H,15,16)(H,17,18). The SMILES string of the molecule is CCCC(NC(=O)C1Cc2ccccc2S1)C(=O)O. The Balaban J connectivity index is 1.97. The molecule has 2 unspecified atom stereocenters. The average molecular weight is 279 g/mol. The van der Waals surface area contributed by atoms with Crippen molar-refractivity contribution in [1.82, 2.24) is 5.32 Å². The van der Waals surface area contributed by atoms with Gasteiger partial charge in [-0.25, -0.2) is 4.79 Å². The van der Waals surface area contributed by atoms with Gasteiger partial charge < -0.3 is 10.4 Å². The normalized spacial score (nSPS) is 18.7. The van der Waals surface area contributed by atoms with E-state index in [2.05, 4.69) is 5.32 Å². The first-order chi connectivity index (χ1) is 9.11. The smallest absolute Gasteiger partial charge is 0.326 e. The molecule has 1 heterocycles. The number of hydrogen-bond acceptors (Lipinski definition) is 3. The van der Waals surface area contributed by atoms with Crippen LogP contribution in [0.25, 0.3) is 0 Å². The van der Waals surface area contributed by atoms with Crippen molar-refractivity contribution in [3.05, 3.63) is 29.8 Å². The minimum absolute atomic E-state index is 0.179. The minimum Gasteiger partial charge on any atom is -0.480 e. The monoisotopic (exact) mass is 279 g/mol. The lowest BCUT2D eigenvalue weighted by molar-refractivity contribution is -0.141. The van der Waals surface area contributed by atoms with Crippen LogP contribution >= 0.6 is 11.8 Å². The van der Waals surface area contributed by atoms with Gasteiger partial charge in [0.15, 0.2) is 0 Å². The van der Waals surface area contributed by atoms with E-state index in [9.17, 15) is 9.59 Å². The Kier molecular flexibility index (Phi) is 4.47. The van der Waals surface area contributed by atoms with Gasteiger partial charge in [-0.1, -0.05) is 31.5 Å². The number of carboxylic acid groups (broad SMARTS) is 1. The number of rotatable bonds is 5. The zero-order chi connectivity index (χ0) is 13.8. The number of fused-ring (bicyclic) bond motifs is 1. The van der Waals surface area contributed by atoms with E-state index >= 15 is 0 Å². The number of benzene rings is 1. The molecule has 0 spiro atoms. The molecule has 0 radical (unpaired) electrons. The first kappa shape index (κ1) is 13.9. The Labute approximate surface area is 116 Å².